The van der Waals surface area contributed by atoms with Crippen LogP contribution in [0.2, 0.25) is 0 Å². The number of anilines is 1. The Balaban J connectivity index is 2.13. The van der Waals surface area contributed by atoms with Crippen LogP contribution in [0.25, 0.3) is 0 Å². The summed E-state index contributed by atoms with van der Waals surface area (Å²) in [5.74, 6) is 5.99. The van der Waals surface area contributed by atoms with Gasteiger partial charge in [0.25, 0.3) is 0 Å². The second-order valence-corrected chi connectivity index (χ2v) is 4.88. The molecule has 0 aliphatic heterocycles. The number of rotatable bonds is 4. The molecule has 1 aliphatic rings. The molecular formula is C13H20FN3. The Hall–Kier alpha value is -1.13. The van der Waals surface area contributed by atoms with E-state index in [-0.39, 0.29) is 11.9 Å². The third kappa shape index (κ3) is 2.96. The quantitative estimate of drug-likeness (QED) is 0.428. The number of nitrogens with two attached hydrogens (primary N) is 2. The fourth-order valence-corrected chi connectivity index (χ4v) is 2.71. The summed E-state index contributed by atoms with van der Waals surface area (Å²) >= 11 is 0. The van der Waals surface area contributed by atoms with Crippen LogP contribution in [0.3, 0.4) is 0 Å². The van der Waals surface area contributed by atoms with Crippen molar-refractivity contribution in [3.05, 3.63) is 29.6 Å². The van der Waals surface area contributed by atoms with E-state index in [1.54, 1.807) is 6.07 Å². The molecule has 1 atom stereocenters. The minimum Gasteiger partial charge on any atom is -0.398 e. The molecule has 1 fully saturated rings. The number of hydrogen-bond donors (Lipinski definition) is 3. The van der Waals surface area contributed by atoms with Crippen molar-refractivity contribution >= 4 is 5.69 Å². The van der Waals surface area contributed by atoms with Crippen molar-refractivity contribution < 1.29 is 4.39 Å². The zero-order chi connectivity index (χ0) is 12.3. The number of hydrazine groups is 1. The summed E-state index contributed by atoms with van der Waals surface area (Å²) < 4.78 is 13.2. The van der Waals surface area contributed by atoms with Crippen molar-refractivity contribution in [2.45, 2.75) is 38.1 Å². The van der Waals surface area contributed by atoms with E-state index in [1.807, 2.05) is 0 Å². The first-order valence-corrected chi connectivity index (χ1v) is 6.21. The van der Waals surface area contributed by atoms with Crippen LogP contribution in [-0.4, -0.2) is 0 Å². The standard InChI is InChI=1S/C13H20FN3/c14-10-5-6-12(15)11(8-10)13(17-16)7-9-3-1-2-4-9/h5-6,8-9,13,17H,1-4,7,15-16H2. The van der Waals surface area contributed by atoms with Gasteiger partial charge in [-0.05, 0) is 36.1 Å². The van der Waals surface area contributed by atoms with Gasteiger partial charge in [-0.1, -0.05) is 25.7 Å². The number of hydrogen-bond acceptors (Lipinski definition) is 3. The fraction of sp³-hybridized carbons (Fsp3) is 0.538. The van der Waals surface area contributed by atoms with Gasteiger partial charge >= 0.3 is 0 Å². The summed E-state index contributed by atoms with van der Waals surface area (Å²) in [6.45, 7) is 0. The van der Waals surface area contributed by atoms with E-state index < -0.39 is 0 Å². The van der Waals surface area contributed by atoms with Crippen molar-refractivity contribution in [2.75, 3.05) is 5.73 Å². The highest BCUT2D eigenvalue weighted by molar-refractivity contribution is 5.48. The molecule has 1 unspecified atom stereocenters. The lowest BCUT2D eigenvalue weighted by atomic mass is 9.93. The number of benzene rings is 1. The molecular weight excluding hydrogens is 217 g/mol. The van der Waals surface area contributed by atoms with Gasteiger partial charge in [0.2, 0.25) is 0 Å². The summed E-state index contributed by atoms with van der Waals surface area (Å²) in [6, 6.07) is 4.41. The first kappa shape index (κ1) is 12.3. The van der Waals surface area contributed by atoms with Crippen molar-refractivity contribution in [3.8, 4) is 0 Å². The molecule has 0 amide bonds. The molecule has 0 aromatic heterocycles. The molecule has 17 heavy (non-hydrogen) atoms. The Morgan fingerprint density at radius 2 is 2.06 bits per heavy atom. The third-order valence-electron chi connectivity index (χ3n) is 3.67. The van der Waals surface area contributed by atoms with Gasteiger partial charge < -0.3 is 5.73 Å². The molecule has 94 valence electrons. The average Bonchev–Trinajstić information content (AvgIpc) is 2.82. The first-order valence-electron chi connectivity index (χ1n) is 6.21. The van der Waals surface area contributed by atoms with Crippen LogP contribution in [-0.2, 0) is 0 Å². The average molecular weight is 237 g/mol. The van der Waals surface area contributed by atoms with Gasteiger partial charge in [0.05, 0.1) is 0 Å². The van der Waals surface area contributed by atoms with Gasteiger partial charge in [-0.3, -0.25) is 11.3 Å². The fourth-order valence-electron chi connectivity index (χ4n) is 2.71. The van der Waals surface area contributed by atoms with E-state index in [1.165, 1.54) is 37.8 Å². The van der Waals surface area contributed by atoms with E-state index in [4.69, 9.17) is 11.6 Å². The molecule has 2 rings (SSSR count). The minimum atomic E-state index is -0.263. The highest BCUT2D eigenvalue weighted by Gasteiger charge is 2.22. The van der Waals surface area contributed by atoms with Crippen molar-refractivity contribution in [3.63, 3.8) is 0 Å². The summed E-state index contributed by atoms with van der Waals surface area (Å²) in [6.07, 6.45) is 6.01. The molecule has 3 nitrogen and oxygen atoms in total. The smallest absolute Gasteiger partial charge is 0.123 e. The molecule has 5 N–H and O–H groups in total. The summed E-state index contributed by atoms with van der Waals surface area (Å²) in [4.78, 5) is 0. The molecule has 4 heteroatoms. The van der Waals surface area contributed by atoms with Crippen LogP contribution in [0.15, 0.2) is 18.2 Å². The van der Waals surface area contributed by atoms with Crippen LogP contribution in [0, 0.1) is 11.7 Å². The molecule has 0 bridgehead atoms. The molecule has 1 aromatic rings. The van der Waals surface area contributed by atoms with E-state index >= 15 is 0 Å². The number of halogens is 1. The Labute approximate surface area is 101 Å². The van der Waals surface area contributed by atoms with Gasteiger partial charge in [0.1, 0.15) is 5.82 Å². The second-order valence-electron chi connectivity index (χ2n) is 4.88. The monoisotopic (exact) mass is 237 g/mol. The summed E-state index contributed by atoms with van der Waals surface area (Å²) in [7, 11) is 0. The number of nitrogens with one attached hydrogen (secondary N) is 1. The summed E-state index contributed by atoms with van der Waals surface area (Å²) in [5, 5.41) is 0. The van der Waals surface area contributed by atoms with E-state index in [0.717, 1.165) is 12.0 Å². The van der Waals surface area contributed by atoms with Crippen molar-refractivity contribution in [1.29, 1.82) is 0 Å². The van der Waals surface area contributed by atoms with Crippen molar-refractivity contribution in [2.24, 2.45) is 11.8 Å². The van der Waals surface area contributed by atoms with Gasteiger partial charge in [0, 0.05) is 11.7 Å². The summed E-state index contributed by atoms with van der Waals surface area (Å²) in [5.41, 5.74) is 10.0. The second kappa shape index (κ2) is 5.47. The van der Waals surface area contributed by atoms with Gasteiger partial charge in [-0.2, -0.15) is 0 Å². The van der Waals surface area contributed by atoms with Crippen LogP contribution in [0.1, 0.15) is 43.7 Å². The lowest BCUT2D eigenvalue weighted by molar-refractivity contribution is 0.400. The predicted octanol–water partition coefficient (Wildman–Crippen LogP) is 2.49. The van der Waals surface area contributed by atoms with Crippen LogP contribution in [0.5, 0.6) is 0 Å². The third-order valence-corrected chi connectivity index (χ3v) is 3.67. The van der Waals surface area contributed by atoms with Crippen LogP contribution < -0.4 is 17.0 Å². The highest BCUT2D eigenvalue weighted by Crippen LogP contribution is 2.34. The van der Waals surface area contributed by atoms with E-state index in [2.05, 4.69) is 5.43 Å². The molecule has 0 saturated heterocycles. The maximum atomic E-state index is 13.2. The lowest BCUT2D eigenvalue weighted by Crippen LogP contribution is -2.30. The molecule has 0 radical (unpaired) electrons. The SMILES string of the molecule is NNC(CC1CCCC1)c1cc(F)ccc1N. The maximum Gasteiger partial charge on any atom is 0.123 e. The minimum absolute atomic E-state index is 0.0474. The topological polar surface area (TPSA) is 64.1 Å². The zero-order valence-corrected chi connectivity index (χ0v) is 9.95. The Morgan fingerprint density at radius 3 is 2.71 bits per heavy atom. The molecule has 1 aliphatic carbocycles. The molecule has 1 aromatic carbocycles. The normalized spacial score (nSPS) is 18.5. The van der Waals surface area contributed by atoms with Crippen LogP contribution >= 0.6 is 0 Å². The number of nitrogen functional groups attached to an aromatic ring is 1. The Bertz CT molecular complexity index is 375. The lowest BCUT2D eigenvalue weighted by Gasteiger charge is -2.21. The van der Waals surface area contributed by atoms with E-state index in [0.29, 0.717) is 11.6 Å². The zero-order valence-electron chi connectivity index (χ0n) is 9.95. The van der Waals surface area contributed by atoms with Crippen molar-refractivity contribution in [1.82, 2.24) is 5.43 Å². The van der Waals surface area contributed by atoms with Gasteiger partial charge in [0.15, 0.2) is 0 Å². The molecule has 0 heterocycles. The molecule has 0 spiro atoms. The van der Waals surface area contributed by atoms with Crippen LogP contribution in [0.4, 0.5) is 10.1 Å². The van der Waals surface area contributed by atoms with Gasteiger partial charge in [-0.15, -0.1) is 0 Å². The Kier molecular flexibility index (Phi) is 3.97. The first-order chi connectivity index (χ1) is 8.20. The predicted molar refractivity (Wildman–Crippen MR) is 67.5 cm³/mol. The largest absolute Gasteiger partial charge is 0.398 e. The highest BCUT2D eigenvalue weighted by atomic mass is 19.1. The van der Waals surface area contributed by atoms with Gasteiger partial charge in [-0.25, -0.2) is 4.39 Å². The van der Waals surface area contributed by atoms with E-state index in [9.17, 15) is 4.39 Å². The molecule has 1 saturated carbocycles. The Morgan fingerprint density at radius 1 is 1.35 bits per heavy atom. The maximum absolute atomic E-state index is 13.2.